The van der Waals surface area contributed by atoms with E-state index in [9.17, 15) is 28.5 Å². The number of rotatable bonds is 8. The smallest absolute Gasteiger partial charge is 0.341 e. The van der Waals surface area contributed by atoms with Gasteiger partial charge in [0, 0.05) is 29.4 Å². The number of halogens is 3. The molecule has 0 fully saturated rings. The van der Waals surface area contributed by atoms with Gasteiger partial charge in [0.05, 0.1) is 10.5 Å². The van der Waals surface area contributed by atoms with Crippen molar-refractivity contribution >= 4 is 40.5 Å². The molecule has 2 N–H and O–H groups in total. The molecule has 3 aromatic carbocycles. The summed E-state index contributed by atoms with van der Waals surface area (Å²) in [4.78, 5) is 35.0. The number of nitrogens with zero attached hydrogens (tertiary/aromatic N) is 1. The molecule has 1 amide bonds. The van der Waals surface area contributed by atoms with Crippen LogP contribution in [0.15, 0.2) is 60.7 Å². The van der Waals surface area contributed by atoms with Gasteiger partial charge in [-0.25, -0.2) is 13.6 Å². The van der Waals surface area contributed by atoms with Gasteiger partial charge in [-0.3, -0.25) is 14.9 Å². The number of carbonyl (C=O) groups excluding carboxylic acids is 2. The van der Waals surface area contributed by atoms with Crippen molar-refractivity contribution in [3.8, 4) is 0 Å². The van der Waals surface area contributed by atoms with Crippen molar-refractivity contribution in [2.75, 3.05) is 17.2 Å². The molecule has 0 aromatic heterocycles. The van der Waals surface area contributed by atoms with Crippen molar-refractivity contribution in [3.63, 3.8) is 0 Å². The van der Waals surface area contributed by atoms with Gasteiger partial charge in [-0.05, 0) is 29.8 Å². The Kier molecular flexibility index (Phi) is 7.52. The first-order chi connectivity index (χ1) is 15.8. The number of esters is 1. The molecule has 3 aromatic rings. The van der Waals surface area contributed by atoms with E-state index in [1.807, 2.05) is 5.32 Å². The number of para-hydroxylation sites is 1. The summed E-state index contributed by atoms with van der Waals surface area (Å²) >= 11 is 6.11. The highest BCUT2D eigenvalue weighted by atomic mass is 35.5. The molecule has 0 saturated carbocycles. The minimum Gasteiger partial charge on any atom is -0.452 e. The summed E-state index contributed by atoms with van der Waals surface area (Å²) < 4.78 is 32.2. The van der Waals surface area contributed by atoms with Gasteiger partial charge in [0.2, 0.25) is 0 Å². The monoisotopic (exact) mass is 475 g/mol. The number of hydrogen-bond acceptors (Lipinski definition) is 6. The van der Waals surface area contributed by atoms with Gasteiger partial charge in [0.1, 0.15) is 17.3 Å². The second-order valence-corrected chi connectivity index (χ2v) is 7.06. The lowest BCUT2D eigenvalue weighted by Gasteiger charge is -2.13. The Morgan fingerprint density at radius 3 is 2.39 bits per heavy atom. The fourth-order valence-corrected chi connectivity index (χ4v) is 3.01. The molecule has 11 heteroatoms. The van der Waals surface area contributed by atoms with Crippen molar-refractivity contribution in [2.24, 2.45) is 0 Å². The number of nitrogens with one attached hydrogen (secondary N) is 2. The number of nitro groups is 1. The maximum absolute atomic E-state index is 13.7. The highest BCUT2D eigenvalue weighted by Crippen LogP contribution is 2.25. The summed E-state index contributed by atoms with van der Waals surface area (Å²) in [6, 6.07) is 13.5. The fourth-order valence-electron chi connectivity index (χ4n) is 2.80. The lowest BCUT2D eigenvalue weighted by molar-refractivity contribution is -0.384. The molecule has 3 rings (SSSR count). The molecular weight excluding hydrogens is 460 g/mol. The third-order valence-electron chi connectivity index (χ3n) is 4.42. The van der Waals surface area contributed by atoms with Crippen molar-refractivity contribution in [2.45, 2.75) is 6.54 Å². The maximum Gasteiger partial charge on any atom is 0.341 e. The number of anilines is 2. The normalized spacial score (nSPS) is 10.4. The molecule has 0 heterocycles. The van der Waals surface area contributed by atoms with Crippen LogP contribution in [0.3, 0.4) is 0 Å². The highest BCUT2D eigenvalue weighted by molar-refractivity contribution is 6.31. The summed E-state index contributed by atoms with van der Waals surface area (Å²) in [5, 5.41) is 16.5. The molecule has 0 radical (unpaired) electrons. The molecule has 170 valence electrons. The third-order valence-corrected chi connectivity index (χ3v) is 4.79. The standard InChI is InChI=1S/C22H16ClF2N3O5/c23-16-5-2-1-4-13(16)11-26-19-9-8-14(28(31)32)10-15(19)22(30)33-12-20(29)27-21-17(24)6-3-7-18(21)25/h1-10,26H,11-12H2,(H,27,29). The summed E-state index contributed by atoms with van der Waals surface area (Å²) in [6.07, 6.45) is 0. The number of benzene rings is 3. The van der Waals surface area contributed by atoms with E-state index in [2.05, 4.69) is 5.32 Å². The Hall–Kier alpha value is -4.05. The molecule has 0 atom stereocenters. The van der Waals surface area contributed by atoms with E-state index in [4.69, 9.17) is 16.3 Å². The van der Waals surface area contributed by atoms with Crippen molar-refractivity contribution in [1.82, 2.24) is 0 Å². The Labute approximate surface area is 191 Å². The van der Waals surface area contributed by atoms with Crippen LogP contribution < -0.4 is 10.6 Å². The topological polar surface area (TPSA) is 111 Å². The van der Waals surface area contributed by atoms with Crippen LogP contribution in [-0.2, 0) is 16.1 Å². The molecule has 33 heavy (non-hydrogen) atoms. The molecule has 0 spiro atoms. The molecule has 0 unspecified atom stereocenters. The summed E-state index contributed by atoms with van der Waals surface area (Å²) in [7, 11) is 0. The first kappa shape index (κ1) is 23.6. The SMILES string of the molecule is O=C(COC(=O)c1cc([N+](=O)[O-])ccc1NCc1ccccc1Cl)Nc1c(F)cccc1F. The zero-order valence-electron chi connectivity index (χ0n) is 16.8. The number of carbonyl (C=O) groups is 2. The Morgan fingerprint density at radius 1 is 1.03 bits per heavy atom. The molecular formula is C22H16ClF2N3O5. The van der Waals surface area contributed by atoms with Gasteiger partial charge in [-0.2, -0.15) is 0 Å². The maximum atomic E-state index is 13.7. The molecule has 0 aliphatic rings. The largest absolute Gasteiger partial charge is 0.452 e. The second-order valence-electron chi connectivity index (χ2n) is 6.65. The van der Waals surface area contributed by atoms with Crippen LogP contribution in [0.1, 0.15) is 15.9 Å². The van der Waals surface area contributed by atoms with E-state index < -0.39 is 40.7 Å². The molecule has 0 saturated heterocycles. The molecule has 0 bridgehead atoms. The zero-order valence-corrected chi connectivity index (χ0v) is 17.6. The number of nitro benzene ring substituents is 1. The van der Waals surface area contributed by atoms with E-state index in [0.717, 1.165) is 24.3 Å². The number of hydrogen-bond donors (Lipinski definition) is 2. The number of non-ortho nitro benzene ring substituents is 1. The Bertz CT molecular complexity index is 1200. The van der Waals surface area contributed by atoms with E-state index in [1.165, 1.54) is 12.1 Å². The summed E-state index contributed by atoms with van der Waals surface area (Å²) in [5.74, 6) is -4.05. The Balaban J connectivity index is 1.73. The van der Waals surface area contributed by atoms with Crippen LogP contribution in [0.25, 0.3) is 0 Å². The third kappa shape index (κ3) is 6.01. The Morgan fingerprint density at radius 2 is 1.73 bits per heavy atom. The molecule has 0 aliphatic heterocycles. The van der Waals surface area contributed by atoms with Gasteiger partial charge < -0.3 is 15.4 Å². The minimum absolute atomic E-state index is 0.199. The predicted molar refractivity (Wildman–Crippen MR) is 117 cm³/mol. The highest BCUT2D eigenvalue weighted by Gasteiger charge is 2.20. The quantitative estimate of drug-likeness (QED) is 0.271. The second kappa shape index (κ2) is 10.5. The average molecular weight is 476 g/mol. The minimum atomic E-state index is -1.05. The van der Waals surface area contributed by atoms with Gasteiger partial charge in [0.25, 0.3) is 11.6 Å². The first-order valence-electron chi connectivity index (χ1n) is 9.43. The lowest BCUT2D eigenvalue weighted by Crippen LogP contribution is -2.22. The predicted octanol–water partition coefficient (Wildman–Crippen LogP) is 4.93. The number of ether oxygens (including phenoxy) is 1. The zero-order chi connectivity index (χ0) is 24.0. The summed E-state index contributed by atoms with van der Waals surface area (Å²) in [6.45, 7) is -0.677. The van der Waals surface area contributed by atoms with E-state index in [1.54, 1.807) is 24.3 Å². The van der Waals surface area contributed by atoms with Crippen molar-refractivity contribution < 1.29 is 28.0 Å². The van der Waals surface area contributed by atoms with E-state index in [0.29, 0.717) is 10.6 Å². The van der Waals surface area contributed by atoms with Crippen LogP contribution in [0.4, 0.5) is 25.8 Å². The summed E-state index contributed by atoms with van der Waals surface area (Å²) in [5.41, 5.74) is -0.352. The van der Waals surface area contributed by atoms with Crippen LogP contribution in [0.5, 0.6) is 0 Å². The van der Waals surface area contributed by atoms with Crippen molar-refractivity contribution in [3.05, 3.63) is 98.6 Å². The van der Waals surface area contributed by atoms with Gasteiger partial charge in [0.15, 0.2) is 6.61 Å². The van der Waals surface area contributed by atoms with Crippen LogP contribution in [-0.4, -0.2) is 23.4 Å². The van der Waals surface area contributed by atoms with Gasteiger partial charge in [-0.1, -0.05) is 35.9 Å². The average Bonchev–Trinajstić information content (AvgIpc) is 2.79. The lowest BCUT2D eigenvalue weighted by atomic mass is 10.1. The van der Waals surface area contributed by atoms with Gasteiger partial charge in [-0.15, -0.1) is 0 Å². The van der Waals surface area contributed by atoms with Crippen LogP contribution >= 0.6 is 11.6 Å². The van der Waals surface area contributed by atoms with Gasteiger partial charge >= 0.3 is 5.97 Å². The van der Waals surface area contributed by atoms with E-state index >= 15 is 0 Å². The van der Waals surface area contributed by atoms with E-state index in [-0.39, 0.29) is 23.5 Å². The molecule has 8 nitrogen and oxygen atoms in total. The van der Waals surface area contributed by atoms with Crippen LogP contribution in [0.2, 0.25) is 5.02 Å². The fraction of sp³-hybridized carbons (Fsp3) is 0.0909. The van der Waals surface area contributed by atoms with Crippen LogP contribution in [0, 0.1) is 21.7 Å². The van der Waals surface area contributed by atoms with Crippen molar-refractivity contribution in [1.29, 1.82) is 0 Å². The first-order valence-corrected chi connectivity index (χ1v) is 9.80. The number of amides is 1. The molecule has 0 aliphatic carbocycles.